The van der Waals surface area contributed by atoms with Crippen molar-refractivity contribution in [1.29, 1.82) is 0 Å². The number of aromatic nitrogens is 2. The Morgan fingerprint density at radius 3 is 2.71 bits per heavy atom. The molecule has 1 heterocycles. The van der Waals surface area contributed by atoms with E-state index in [0.29, 0.717) is 13.2 Å². The van der Waals surface area contributed by atoms with Crippen molar-refractivity contribution in [3.63, 3.8) is 0 Å². The molecule has 5 heteroatoms. The molecule has 5 nitrogen and oxygen atoms in total. The van der Waals surface area contributed by atoms with E-state index in [-0.39, 0.29) is 12.5 Å². The summed E-state index contributed by atoms with van der Waals surface area (Å²) < 4.78 is 6.75. The lowest BCUT2D eigenvalue weighted by Crippen LogP contribution is -2.16. The number of rotatable bonds is 6. The highest BCUT2D eigenvalue weighted by molar-refractivity contribution is 5.69. The number of carbonyl (C=O) groups is 1. The predicted molar refractivity (Wildman–Crippen MR) is 65.5 cm³/mol. The van der Waals surface area contributed by atoms with Crippen LogP contribution in [-0.4, -0.2) is 22.4 Å². The van der Waals surface area contributed by atoms with Crippen molar-refractivity contribution in [3.05, 3.63) is 17.0 Å². The molecule has 2 N–H and O–H groups in total. The molecule has 1 aromatic heterocycles. The largest absolute Gasteiger partial charge is 0.464 e. The number of unbranched alkanes of at least 4 members (excludes halogenated alkanes) is 1. The number of hydrogen-bond acceptors (Lipinski definition) is 4. The topological polar surface area (TPSA) is 70.1 Å². The van der Waals surface area contributed by atoms with Crippen LogP contribution in [0.5, 0.6) is 0 Å². The Kier molecular flexibility index (Phi) is 5.15. The normalized spacial score (nSPS) is 10.6. The average molecular weight is 239 g/mol. The lowest BCUT2D eigenvalue weighted by molar-refractivity contribution is -0.144. The van der Waals surface area contributed by atoms with Crippen LogP contribution in [0.4, 0.5) is 0 Å². The van der Waals surface area contributed by atoms with E-state index in [1.54, 1.807) is 4.68 Å². The summed E-state index contributed by atoms with van der Waals surface area (Å²) in [6, 6.07) is 0. The first kappa shape index (κ1) is 13.7. The van der Waals surface area contributed by atoms with Gasteiger partial charge in [-0.2, -0.15) is 5.10 Å². The Bertz CT molecular complexity index is 385. The van der Waals surface area contributed by atoms with E-state index < -0.39 is 0 Å². The third-order valence-electron chi connectivity index (χ3n) is 2.78. The standard InChI is InChI=1S/C12H21N3O2/c1-4-5-6-17-12(16)8-15-10(3)11(7-13)9(2)14-15/h4-8,13H2,1-3H3. The van der Waals surface area contributed by atoms with E-state index >= 15 is 0 Å². The van der Waals surface area contributed by atoms with E-state index in [0.717, 1.165) is 29.8 Å². The summed E-state index contributed by atoms with van der Waals surface area (Å²) in [4.78, 5) is 11.5. The minimum absolute atomic E-state index is 0.163. The van der Waals surface area contributed by atoms with Crippen LogP contribution in [0.15, 0.2) is 0 Å². The van der Waals surface area contributed by atoms with Crippen LogP contribution in [0, 0.1) is 13.8 Å². The summed E-state index contributed by atoms with van der Waals surface area (Å²) in [5.41, 5.74) is 8.45. The second-order valence-electron chi connectivity index (χ2n) is 4.09. The molecule has 0 saturated heterocycles. The summed E-state index contributed by atoms with van der Waals surface area (Å²) in [6.07, 6.45) is 1.92. The number of carbonyl (C=O) groups excluding carboxylic acids is 1. The zero-order chi connectivity index (χ0) is 12.8. The first-order chi connectivity index (χ1) is 8.10. The number of ether oxygens (including phenoxy) is 1. The van der Waals surface area contributed by atoms with Gasteiger partial charge in [-0.15, -0.1) is 0 Å². The summed E-state index contributed by atoms with van der Waals surface area (Å²) in [5, 5.41) is 4.29. The third kappa shape index (κ3) is 3.56. The van der Waals surface area contributed by atoms with Crippen molar-refractivity contribution < 1.29 is 9.53 Å². The van der Waals surface area contributed by atoms with Crippen molar-refractivity contribution in [2.75, 3.05) is 6.61 Å². The minimum atomic E-state index is -0.243. The fraction of sp³-hybridized carbons (Fsp3) is 0.667. The van der Waals surface area contributed by atoms with Crippen molar-refractivity contribution in [1.82, 2.24) is 9.78 Å². The SMILES string of the molecule is CCCCOC(=O)Cn1nc(C)c(CN)c1C. The second-order valence-corrected chi connectivity index (χ2v) is 4.09. The summed E-state index contributed by atoms with van der Waals surface area (Å²) in [7, 11) is 0. The van der Waals surface area contributed by atoms with Gasteiger partial charge in [0.1, 0.15) is 6.54 Å². The van der Waals surface area contributed by atoms with Gasteiger partial charge in [-0.05, 0) is 20.3 Å². The molecule has 0 amide bonds. The Morgan fingerprint density at radius 2 is 2.18 bits per heavy atom. The maximum Gasteiger partial charge on any atom is 0.327 e. The quantitative estimate of drug-likeness (QED) is 0.600. The number of esters is 1. The van der Waals surface area contributed by atoms with E-state index in [1.165, 1.54) is 0 Å². The Labute approximate surface area is 102 Å². The van der Waals surface area contributed by atoms with Gasteiger partial charge >= 0.3 is 5.97 Å². The molecule has 0 radical (unpaired) electrons. The van der Waals surface area contributed by atoms with E-state index in [9.17, 15) is 4.79 Å². The van der Waals surface area contributed by atoms with E-state index in [2.05, 4.69) is 12.0 Å². The molecule has 1 aromatic rings. The Balaban J connectivity index is 2.59. The molecule has 0 aromatic carbocycles. The predicted octanol–water partition coefficient (Wildman–Crippen LogP) is 1.30. The highest BCUT2D eigenvalue weighted by atomic mass is 16.5. The maximum atomic E-state index is 11.5. The highest BCUT2D eigenvalue weighted by Gasteiger charge is 2.13. The number of nitrogens with zero attached hydrogens (tertiary/aromatic N) is 2. The van der Waals surface area contributed by atoms with Crippen LogP contribution < -0.4 is 5.73 Å². The third-order valence-corrected chi connectivity index (χ3v) is 2.78. The summed E-state index contributed by atoms with van der Waals surface area (Å²) in [6.45, 7) is 6.97. The molecule has 0 saturated carbocycles. The number of hydrogen-bond donors (Lipinski definition) is 1. The van der Waals surface area contributed by atoms with Gasteiger partial charge < -0.3 is 10.5 Å². The van der Waals surface area contributed by atoms with Gasteiger partial charge in [0.2, 0.25) is 0 Å². The first-order valence-corrected chi connectivity index (χ1v) is 5.98. The maximum absolute atomic E-state index is 11.5. The van der Waals surface area contributed by atoms with Crippen LogP contribution in [-0.2, 0) is 22.6 Å². The van der Waals surface area contributed by atoms with Gasteiger partial charge in [0.05, 0.1) is 12.3 Å². The molecule has 17 heavy (non-hydrogen) atoms. The van der Waals surface area contributed by atoms with Gasteiger partial charge in [-0.1, -0.05) is 13.3 Å². The highest BCUT2D eigenvalue weighted by Crippen LogP contribution is 2.11. The molecular formula is C12H21N3O2. The van der Waals surface area contributed by atoms with Gasteiger partial charge in [0.25, 0.3) is 0 Å². The zero-order valence-electron chi connectivity index (χ0n) is 10.8. The molecule has 0 atom stereocenters. The molecule has 1 rings (SSSR count). The Hall–Kier alpha value is -1.36. The molecule has 0 aliphatic carbocycles. The van der Waals surface area contributed by atoms with E-state index in [1.807, 2.05) is 13.8 Å². The van der Waals surface area contributed by atoms with Crippen LogP contribution in [0.2, 0.25) is 0 Å². The number of aryl methyl sites for hydroxylation is 1. The summed E-state index contributed by atoms with van der Waals surface area (Å²) in [5.74, 6) is -0.243. The molecular weight excluding hydrogens is 218 g/mol. The monoisotopic (exact) mass is 239 g/mol. The van der Waals surface area contributed by atoms with Crippen molar-refractivity contribution in [3.8, 4) is 0 Å². The van der Waals surface area contributed by atoms with Gasteiger partial charge in [0, 0.05) is 17.8 Å². The molecule has 0 unspecified atom stereocenters. The number of nitrogens with two attached hydrogens (primary N) is 1. The zero-order valence-corrected chi connectivity index (χ0v) is 10.8. The molecule has 96 valence electrons. The van der Waals surface area contributed by atoms with Crippen LogP contribution >= 0.6 is 0 Å². The molecule has 0 aliphatic rings. The average Bonchev–Trinajstić information content (AvgIpc) is 2.54. The molecule has 0 spiro atoms. The van der Waals surface area contributed by atoms with Crippen molar-refractivity contribution in [2.24, 2.45) is 5.73 Å². The lowest BCUT2D eigenvalue weighted by Gasteiger charge is -2.05. The molecule has 0 fully saturated rings. The molecule has 0 bridgehead atoms. The summed E-state index contributed by atoms with van der Waals surface area (Å²) >= 11 is 0. The van der Waals surface area contributed by atoms with Crippen molar-refractivity contribution in [2.45, 2.75) is 46.7 Å². The Morgan fingerprint density at radius 1 is 1.47 bits per heavy atom. The van der Waals surface area contributed by atoms with Crippen LogP contribution in [0.25, 0.3) is 0 Å². The fourth-order valence-corrected chi connectivity index (χ4v) is 1.68. The van der Waals surface area contributed by atoms with Crippen LogP contribution in [0.1, 0.15) is 36.7 Å². The van der Waals surface area contributed by atoms with Gasteiger partial charge in [-0.3, -0.25) is 9.48 Å². The molecule has 0 aliphatic heterocycles. The minimum Gasteiger partial charge on any atom is -0.464 e. The van der Waals surface area contributed by atoms with E-state index in [4.69, 9.17) is 10.5 Å². The first-order valence-electron chi connectivity index (χ1n) is 5.98. The smallest absolute Gasteiger partial charge is 0.327 e. The van der Waals surface area contributed by atoms with Crippen LogP contribution in [0.3, 0.4) is 0 Å². The fourth-order valence-electron chi connectivity index (χ4n) is 1.68. The van der Waals surface area contributed by atoms with Crippen molar-refractivity contribution >= 4 is 5.97 Å². The second kappa shape index (κ2) is 6.39. The van der Waals surface area contributed by atoms with Gasteiger partial charge in [0.15, 0.2) is 0 Å². The van der Waals surface area contributed by atoms with Gasteiger partial charge in [-0.25, -0.2) is 0 Å². The lowest BCUT2D eigenvalue weighted by atomic mass is 10.2.